The second-order valence-electron chi connectivity index (χ2n) is 9.17. The second kappa shape index (κ2) is 10.2. The molecule has 1 aliphatic heterocycles. The minimum absolute atomic E-state index is 0.305. The predicted molar refractivity (Wildman–Crippen MR) is 142 cm³/mol. The molecule has 4 nitrogen and oxygen atoms in total. The quantitative estimate of drug-likeness (QED) is 0.325. The van der Waals surface area contributed by atoms with Gasteiger partial charge in [0.1, 0.15) is 18.1 Å². The lowest BCUT2D eigenvalue weighted by molar-refractivity contribution is 0.328. The molecule has 1 aromatic heterocycles. The van der Waals surface area contributed by atoms with Gasteiger partial charge in [0.05, 0.1) is 0 Å². The minimum Gasteiger partial charge on any atom is -0.508 e. The van der Waals surface area contributed by atoms with E-state index in [1.807, 2.05) is 24.3 Å². The van der Waals surface area contributed by atoms with Gasteiger partial charge in [-0.15, -0.1) is 11.3 Å². The van der Waals surface area contributed by atoms with Crippen molar-refractivity contribution < 1.29 is 9.84 Å². The fraction of sp³-hybridized carbons (Fsp3) is 0.310. The van der Waals surface area contributed by atoms with Crippen LogP contribution in [0.1, 0.15) is 35.1 Å². The lowest BCUT2D eigenvalue weighted by Gasteiger charge is -2.17. The third-order valence-electron chi connectivity index (χ3n) is 6.66. The summed E-state index contributed by atoms with van der Waals surface area (Å²) in [5.41, 5.74) is 12.1. The number of phenols is 1. The molecule has 0 unspecified atom stereocenters. The first-order chi connectivity index (χ1) is 16.6. The van der Waals surface area contributed by atoms with Crippen LogP contribution >= 0.6 is 11.3 Å². The van der Waals surface area contributed by atoms with E-state index in [2.05, 4.69) is 42.2 Å². The molecule has 0 radical (unpaired) electrons. The van der Waals surface area contributed by atoms with Gasteiger partial charge in [-0.2, -0.15) is 0 Å². The number of aryl methyl sites for hydroxylation is 1. The summed E-state index contributed by atoms with van der Waals surface area (Å²) < 4.78 is 6.77. The van der Waals surface area contributed by atoms with Gasteiger partial charge >= 0.3 is 0 Å². The number of ether oxygens (including phenoxy) is 1. The van der Waals surface area contributed by atoms with Crippen LogP contribution < -0.4 is 10.5 Å². The van der Waals surface area contributed by atoms with Gasteiger partial charge in [-0.1, -0.05) is 18.2 Å². The first-order valence-electron chi connectivity index (χ1n) is 12.1. The molecule has 176 valence electrons. The molecule has 0 saturated carbocycles. The number of phenolic OH excluding ortho intramolecular Hbond substituents is 1. The standard InChI is InChI=1S/C29H32N2O2S/c1-20-16-21(4-5-23(20)19-31-13-2-3-14-31)17-27-26-11-8-24(32)18-28(26)34-29(27)22-6-9-25(10-7-22)33-15-12-30/h4-11,16,18,32H,2-3,12-15,17,19,30H2,1H3. The summed E-state index contributed by atoms with van der Waals surface area (Å²) in [5.74, 6) is 1.14. The maximum atomic E-state index is 10.1. The van der Waals surface area contributed by atoms with Crippen LogP contribution in [0.3, 0.4) is 0 Å². The first kappa shape index (κ1) is 22.9. The number of nitrogens with zero attached hydrogens (tertiary/aromatic N) is 1. The molecule has 4 aromatic rings. The molecule has 5 rings (SSSR count). The highest BCUT2D eigenvalue weighted by atomic mass is 32.1. The Morgan fingerprint density at radius 2 is 1.79 bits per heavy atom. The minimum atomic E-state index is 0.305. The normalized spacial score (nSPS) is 14.2. The van der Waals surface area contributed by atoms with Crippen molar-refractivity contribution in [2.45, 2.75) is 32.7 Å². The van der Waals surface area contributed by atoms with Gasteiger partial charge in [0.15, 0.2) is 0 Å². The molecule has 3 aromatic carbocycles. The van der Waals surface area contributed by atoms with Crippen molar-refractivity contribution in [1.29, 1.82) is 0 Å². The summed E-state index contributed by atoms with van der Waals surface area (Å²) in [6, 6.07) is 20.9. The van der Waals surface area contributed by atoms with Gasteiger partial charge in [-0.25, -0.2) is 0 Å². The van der Waals surface area contributed by atoms with Gasteiger partial charge < -0.3 is 15.6 Å². The lowest BCUT2D eigenvalue weighted by atomic mass is 9.96. The largest absolute Gasteiger partial charge is 0.508 e. The number of likely N-dealkylation sites (tertiary alicyclic amines) is 1. The van der Waals surface area contributed by atoms with E-state index in [0.29, 0.717) is 18.9 Å². The van der Waals surface area contributed by atoms with Crippen LogP contribution in [0.15, 0.2) is 60.7 Å². The number of fused-ring (bicyclic) bond motifs is 1. The number of aromatic hydroxyl groups is 1. The molecule has 0 bridgehead atoms. The fourth-order valence-corrected chi connectivity index (χ4v) is 6.12. The molecular formula is C29H32N2O2S. The first-order valence-corrected chi connectivity index (χ1v) is 12.9. The zero-order chi connectivity index (χ0) is 23.5. The molecule has 34 heavy (non-hydrogen) atoms. The SMILES string of the molecule is Cc1cc(Cc2c(-c3ccc(OCCN)cc3)sc3cc(O)ccc23)ccc1CN1CCCC1. The molecule has 2 heterocycles. The highest BCUT2D eigenvalue weighted by molar-refractivity contribution is 7.22. The number of hydrogen-bond acceptors (Lipinski definition) is 5. The van der Waals surface area contributed by atoms with E-state index in [1.54, 1.807) is 17.4 Å². The third kappa shape index (κ3) is 4.97. The van der Waals surface area contributed by atoms with Crippen LogP contribution in [-0.4, -0.2) is 36.2 Å². The van der Waals surface area contributed by atoms with Gasteiger partial charge in [0, 0.05) is 22.7 Å². The van der Waals surface area contributed by atoms with E-state index in [9.17, 15) is 5.11 Å². The summed E-state index contributed by atoms with van der Waals surface area (Å²) in [6.07, 6.45) is 3.50. The fourth-order valence-electron chi connectivity index (χ4n) is 4.86. The zero-order valence-corrected chi connectivity index (χ0v) is 20.5. The molecule has 0 amide bonds. The maximum Gasteiger partial charge on any atom is 0.119 e. The van der Waals surface area contributed by atoms with E-state index in [1.165, 1.54) is 58.4 Å². The highest BCUT2D eigenvalue weighted by Crippen LogP contribution is 2.41. The van der Waals surface area contributed by atoms with Crippen LogP contribution in [0.5, 0.6) is 11.5 Å². The number of benzene rings is 3. The van der Waals surface area contributed by atoms with Crippen molar-refractivity contribution in [3.63, 3.8) is 0 Å². The van der Waals surface area contributed by atoms with Crippen LogP contribution in [0.25, 0.3) is 20.5 Å². The van der Waals surface area contributed by atoms with Gasteiger partial charge in [0.2, 0.25) is 0 Å². The zero-order valence-electron chi connectivity index (χ0n) is 19.7. The number of nitrogens with two attached hydrogens (primary N) is 1. The van der Waals surface area contributed by atoms with Gasteiger partial charge in [-0.05, 0) is 115 Å². The van der Waals surface area contributed by atoms with E-state index in [4.69, 9.17) is 10.5 Å². The van der Waals surface area contributed by atoms with Crippen LogP contribution in [0, 0.1) is 6.92 Å². The summed E-state index contributed by atoms with van der Waals surface area (Å²) in [7, 11) is 0. The van der Waals surface area contributed by atoms with Crippen LogP contribution in [0.2, 0.25) is 0 Å². The molecular weight excluding hydrogens is 440 g/mol. The third-order valence-corrected chi connectivity index (χ3v) is 7.90. The Morgan fingerprint density at radius 1 is 1.00 bits per heavy atom. The molecule has 0 spiro atoms. The Labute approximate surface area is 205 Å². The average Bonchev–Trinajstić information content (AvgIpc) is 3.47. The summed E-state index contributed by atoms with van der Waals surface area (Å²) in [6.45, 7) is 6.74. The molecule has 3 N–H and O–H groups in total. The van der Waals surface area contributed by atoms with E-state index in [0.717, 1.165) is 29.0 Å². The van der Waals surface area contributed by atoms with Crippen molar-refractivity contribution in [3.8, 4) is 21.9 Å². The number of thiophene rings is 1. The average molecular weight is 473 g/mol. The van der Waals surface area contributed by atoms with E-state index in [-0.39, 0.29) is 0 Å². The Hall–Kier alpha value is -2.86. The highest BCUT2D eigenvalue weighted by Gasteiger charge is 2.17. The van der Waals surface area contributed by atoms with Gasteiger partial charge in [-0.3, -0.25) is 4.90 Å². The van der Waals surface area contributed by atoms with Crippen molar-refractivity contribution in [2.75, 3.05) is 26.2 Å². The number of rotatable bonds is 8. The molecule has 5 heteroatoms. The summed E-state index contributed by atoms with van der Waals surface area (Å²) in [4.78, 5) is 3.80. The number of hydrogen-bond donors (Lipinski definition) is 2. The van der Waals surface area contributed by atoms with Crippen molar-refractivity contribution in [2.24, 2.45) is 5.73 Å². The predicted octanol–water partition coefficient (Wildman–Crippen LogP) is 6.11. The molecule has 1 fully saturated rings. The maximum absolute atomic E-state index is 10.1. The smallest absolute Gasteiger partial charge is 0.119 e. The van der Waals surface area contributed by atoms with Crippen molar-refractivity contribution in [1.82, 2.24) is 4.90 Å². The molecule has 1 saturated heterocycles. The monoisotopic (exact) mass is 472 g/mol. The Kier molecular flexibility index (Phi) is 6.86. The Morgan fingerprint density at radius 3 is 2.53 bits per heavy atom. The Bertz CT molecular complexity index is 1270. The second-order valence-corrected chi connectivity index (χ2v) is 10.2. The van der Waals surface area contributed by atoms with E-state index < -0.39 is 0 Å². The topological polar surface area (TPSA) is 58.7 Å². The molecule has 0 atom stereocenters. The van der Waals surface area contributed by atoms with Gasteiger partial charge in [0.25, 0.3) is 0 Å². The van der Waals surface area contributed by atoms with Crippen molar-refractivity contribution >= 4 is 21.4 Å². The molecule has 1 aliphatic rings. The Balaban J connectivity index is 1.47. The lowest BCUT2D eigenvalue weighted by Crippen LogP contribution is -2.18. The summed E-state index contributed by atoms with van der Waals surface area (Å²) >= 11 is 1.74. The summed E-state index contributed by atoms with van der Waals surface area (Å²) in [5, 5.41) is 11.3. The van der Waals surface area contributed by atoms with Crippen molar-refractivity contribution in [3.05, 3.63) is 82.9 Å². The molecule has 0 aliphatic carbocycles. The van der Waals surface area contributed by atoms with Crippen LogP contribution in [0.4, 0.5) is 0 Å². The van der Waals surface area contributed by atoms with Crippen LogP contribution in [-0.2, 0) is 13.0 Å². The van der Waals surface area contributed by atoms with E-state index >= 15 is 0 Å².